The lowest BCUT2D eigenvalue weighted by molar-refractivity contribution is -0.139. The lowest BCUT2D eigenvalue weighted by Crippen LogP contribution is -2.51. The van der Waals surface area contributed by atoms with E-state index in [4.69, 9.17) is 4.74 Å². The van der Waals surface area contributed by atoms with E-state index in [1.54, 1.807) is 13.8 Å². The number of alkyl halides is 3. The molecular formula is C27H35F3N4O4. The highest BCUT2D eigenvalue weighted by molar-refractivity contribution is 5.95. The number of amides is 3. The first kappa shape index (κ1) is 27.9. The van der Waals surface area contributed by atoms with Crippen LogP contribution in [-0.4, -0.2) is 78.5 Å². The second-order valence-corrected chi connectivity index (χ2v) is 9.91. The lowest BCUT2D eigenvalue weighted by atomic mass is 9.84. The molecule has 1 aliphatic carbocycles. The molecule has 0 aromatic heterocycles. The fourth-order valence-corrected chi connectivity index (χ4v) is 5.25. The summed E-state index contributed by atoms with van der Waals surface area (Å²) in [7, 11) is 0. The summed E-state index contributed by atoms with van der Waals surface area (Å²) in [5.74, 6) is -0.289. The second-order valence-electron chi connectivity index (χ2n) is 9.91. The van der Waals surface area contributed by atoms with E-state index in [1.165, 1.54) is 17.0 Å². The molecule has 1 atom stereocenters. The molecule has 0 bridgehead atoms. The van der Waals surface area contributed by atoms with Gasteiger partial charge in [0.15, 0.2) is 0 Å². The zero-order valence-corrected chi connectivity index (χ0v) is 21.9. The van der Waals surface area contributed by atoms with Crippen molar-refractivity contribution in [2.24, 2.45) is 5.92 Å². The van der Waals surface area contributed by atoms with E-state index < -0.39 is 29.8 Å². The fraction of sp³-hybridized carbons (Fsp3) is 0.593. The average Bonchev–Trinajstić information content (AvgIpc) is 3.08. The number of nitrogens with one attached hydrogen (secondary N) is 1. The van der Waals surface area contributed by atoms with Gasteiger partial charge in [0.05, 0.1) is 23.8 Å². The van der Waals surface area contributed by atoms with E-state index in [-0.39, 0.29) is 30.5 Å². The summed E-state index contributed by atoms with van der Waals surface area (Å²) in [6.45, 7) is 6.65. The average molecular weight is 537 g/mol. The van der Waals surface area contributed by atoms with Crippen LogP contribution >= 0.6 is 0 Å². The van der Waals surface area contributed by atoms with Crippen molar-refractivity contribution in [2.75, 3.05) is 45.9 Å². The highest BCUT2D eigenvalue weighted by Gasteiger charge is 2.39. The highest BCUT2D eigenvalue weighted by atomic mass is 19.4. The van der Waals surface area contributed by atoms with Crippen LogP contribution in [0.3, 0.4) is 0 Å². The maximum Gasteiger partial charge on any atom is 0.416 e. The first-order chi connectivity index (χ1) is 18.1. The normalized spacial score (nSPS) is 21.6. The Kier molecular flexibility index (Phi) is 8.64. The number of nitrogens with zero attached hydrogens (tertiary/aromatic N) is 3. The van der Waals surface area contributed by atoms with Gasteiger partial charge in [0, 0.05) is 50.9 Å². The zero-order chi connectivity index (χ0) is 27.4. The lowest BCUT2D eigenvalue weighted by Gasteiger charge is -2.38. The first-order valence-electron chi connectivity index (χ1n) is 13.3. The second kappa shape index (κ2) is 11.8. The van der Waals surface area contributed by atoms with Crippen molar-refractivity contribution in [2.45, 2.75) is 51.7 Å². The third kappa shape index (κ3) is 5.98. The number of benzene rings is 1. The number of carbonyl (C=O) groups is 3. The number of likely N-dealkylation sites (N-methyl/N-ethyl adjacent to an activating group) is 1. The van der Waals surface area contributed by atoms with E-state index in [1.807, 2.05) is 4.90 Å². The van der Waals surface area contributed by atoms with Gasteiger partial charge in [-0.1, -0.05) is 18.6 Å². The summed E-state index contributed by atoms with van der Waals surface area (Å²) >= 11 is 0. The summed E-state index contributed by atoms with van der Waals surface area (Å²) in [5.41, 5.74) is 0.222. The predicted molar refractivity (Wildman–Crippen MR) is 134 cm³/mol. The Morgan fingerprint density at radius 3 is 2.32 bits per heavy atom. The molecule has 208 valence electrons. The number of hydrogen-bond donors (Lipinski definition) is 1. The first-order valence-corrected chi connectivity index (χ1v) is 13.3. The molecule has 2 heterocycles. The standard InChI is InChI=1S/C27H35F3N4O4/c1-3-34-21(17-32-13-6-14-33(16-15-32)24(35)19-7-5-8-19)22(25(36)38-4-2)23(31-26(34)37)18-9-11-20(12-10-18)27(28,29)30/h9-12,19,23H,3-8,13-17H2,1-2H3,(H,31,37). The number of halogens is 3. The zero-order valence-electron chi connectivity index (χ0n) is 21.9. The summed E-state index contributed by atoms with van der Waals surface area (Å²) < 4.78 is 44.8. The van der Waals surface area contributed by atoms with Crippen molar-refractivity contribution >= 4 is 17.9 Å². The molecule has 3 aliphatic rings. The molecule has 0 radical (unpaired) electrons. The Bertz CT molecular complexity index is 1070. The van der Waals surface area contributed by atoms with Gasteiger partial charge >= 0.3 is 18.2 Å². The van der Waals surface area contributed by atoms with Crippen LogP contribution in [0.4, 0.5) is 18.0 Å². The molecule has 1 saturated carbocycles. The summed E-state index contributed by atoms with van der Waals surface area (Å²) in [5, 5.41) is 2.78. The molecular weight excluding hydrogens is 501 g/mol. The van der Waals surface area contributed by atoms with Gasteiger partial charge in [0.2, 0.25) is 5.91 Å². The fourth-order valence-electron chi connectivity index (χ4n) is 5.25. The number of ether oxygens (including phenoxy) is 1. The van der Waals surface area contributed by atoms with E-state index in [0.717, 1.165) is 37.8 Å². The summed E-state index contributed by atoms with van der Waals surface area (Å²) in [6.07, 6.45) is -0.752. The smallest absolute Gasteiger partial charge is 0.416 e. The van der Waals surface area contributed by atoms with Crippen LogP contribution in [0, 0.1) is 5.92 Å². The molecule has 1 aromatic rings. The Morgan fingerprint density at radius 2 is 1.74 bits per heavy atom. The van der Waals surface area contributed by atoms with Crippen molar-refractivity contribution in [3.8, 4) is 0 Å². The largest absolute Gasteiger partial charge is 0.463 e. The van der Waals surface area contributed by atoms with Crippen molar-refractivity contribution < 1.29 is 32.3 Å². The van der Waals surface area contributed by atoms with Gasteiger partial charge in [-0.05, 0) is 50.8 Å². The van der Waals surface area contributed by atoms with Gasteiger partial charge in [-0.15, -0.1) is 0 Å². The number of esters is 1. The Labute approximate surface area is 220 Å². The Balaban J connectivity index is 1.64. The number of urea groups is 1. The van der Waals surface area contributed by atoms with Crippen molar-refractivity contribution in [1.29, 1.82) is 0 Å². The molecule has 4 rings (SSSR count). The van der Waals surface area contributed by atoms with Gasteiger partial charge in [0.25, 0.3) is 0 Å². The predicted octanol–water partition coefficient (Wildman–Crippen LogP) is 3.94. The van der Waals surface area contributed by atoms with E-state index in [0.29, 0.717) is 44.0 Å². The van der Waals surface area contributed by atoms with Gasteiger partial charge < -0.3 is 15.0 Å². The minimum atomic E-state index is -4.50. The number of rotatable bonds is 7. The molecule has 11 heteroatoms. The molecule has 0 spiro atoms. The van der Waals surface area contributed by atoms with Crippen LogP contribution in [-0.2, 0) is 20.5 Å². The topological polar surface area (TPSA) is 82.2 Å². The van der Waals surface area contributed by atoms with E-state index in [2.05, 4.69) is 10.2 Å². The van der Waals surface area contributed by atoms with Crippen LogP contribution in [0.25, 0.3) is 0 Å². The van der Waals surface area contributed by atoms with Crippen LogP contribution in [0.5, 0.6) is 0 Å². The minimum Gasteiger partial charge on any atom is -0.463 e. The quantitative estimate of drug-likeness (QED) is 0.534. The summed E-state index contributed by atoms with van der Waals surface area (Å²) in [6, 6.07) is 3.06. The third-order valence-corrected chi connectivity index (χ3v) is 7.55. The molecule has 38 heavy (non-hydrogen) atoms. The maximum atomic E-state index is 13.2. The molecule has 3 amide bonds. The number of carbonyl (C=O) groups excluding carboxylic acids is 3. The molecule has 1 N–H and O–H groups in total. The third-order valence-electron chi connectivity index (χ3n) is 7.55. The Hall–Kier alpha value is -3.08. The molecule has 1 unspecified atom stereocenters. The Morgan fingerprint density at radius 1 is 1.03 bits per heavy atom. The van der Waals surface area contributed by atoms with E-state index in [9.17, 15) is 27.6 Å². The van der Waals surface area contributed by atoms with Crippen molar-refractivity contribution in [1.82, 2.24) is 20.0 Å². The van der Waals surface area contributed by atoms with Crippen molar-refractivity contribution in [3.05, 3.63) is 46.7 Å². The molecule has 2 fully saturated rings. The SMILES string of the molecule is CCOC(=O)C1=C(CN2CCCN(C(=O)C3CCC3)CC2)N(CC)C(=O)NC1c1ccc(C(F)(F)F)cc1. The van der Waals surface area contributed by atoms with Gasteiger partial charge in [0.1, 0.15) is 0 Å². The van der Waals surface area contributed by atoms with Crippen LogP contribution in [0.1, 0.15) is 56.7 Å². The van der Waals surface area contributed by atoms with Crippen LogP contribution < -0.4 is 5.32 Å². The highest BCUT2D eigenvalue weighted by Crippen LogP contribution is 2.35. The van der Waals surface area contributed by atoms with Gasteiger partial charge in [-0.25, -0.2) is 9.59 Å². The van der Waals surface area contributed by atoms with Gasteiger partial charge in [-0.2, -0.15) is 13.2 Å². The number of hydrogen-bond acceptors (Lipinski definition) is 5. The maximum absolute atomic E-state index is 13.2. The monoisotopic (exact) mass is 536 g/mol. The van der Waals surface area contributed by atoms with Crippen LogP contribution in [0.2, 0.25) is 0 Å². The van der Waals surface area contributed by atoms with Crippen LogP contribution in [0.15, 0.2) is 35.5 Å². The van der Waals surface area contributed by atoms with Crippen molar-refractivity contribution in [3.63, 3.8) is 0 Å². The molecule has 1 saturated heterocycles. The van der Waals surface area contributed by atoms with E-state index >= 15 is 0 Å². The summed E-state index contributed by atoms with van der Waals surface area (Å²) in [4.78, 5) is 44.6. The minimum absolute atomic E-state index is 0.109. The molecule has 1 aromatic carbocycles. The molecule has 8 nitrogen and oxygen atoms in total. The van der Waals surface area contributed by atoms with Gasteiger partial charge in [-0.3, -0.25) is 14.6 Å². The molecule has 2 aliphatic heterocycles.